The van der Waals surface area contributed by atoms with Crippen LogP contribution in [0.5, 0.6) is 0 Å². The number of carbonyl (C=O) groups excluding carboxylic acids is 3. The van der Waals surface area contributed by atoms with E-state index in [4.69, 9.17) is 4.74 Å². The maximum atomic E-state index is 15.1. The van der Waals surface area contributed by atoms with Crippen LogP contribution >= 0.6 is 0 Å². The van der Waals surface area contributed by atoms with E-state index in [2.05, 4.69) is 42.1 Å². The van der Waals surface area contributed by atoms with Crippen molar-refractivity contribution in [3.05, 3.63) is 46.9 Å². The smallest absolute Gasteiger partial charge is 0.313 e. The number of aliphatic hydroxyl groups is 7. The summed E-state index contributed by atoms with van der Waals surface area (Å²) in [5.41, 5.74) is -2.85. The van der Waals surface area contributed by atoms with Gasteiger partial charge in [-0.05, 0) is 154 Å². The number of allylic oxidation sites excluding steroid dienone is 3. The minimum atomic E-state index is -1.81. The molecule has 374 valence electrons. The number of cyclic esters (lactones) is 1. The summed E-state index contributed by atoms with van der Waals surface area (Å²) in [4.78, 5) is 44.9. The van der Waals surface area contributed by atoms with Gasteiger partial charge in [-0.2, -0.15) is 0 Å². The van der Waals surface area contributed by atoms with Crippen molar-refractivity contribution < 1.29 is 54.9 Å². The van der Waals surface area contributed by atoms with Gasteiger partial charge in [0.2, 0.25) is 0 Å². The number of H-pyrrole nitrogens is 1. The number of Topliss-reactive ketones (excluding diaryl/α,β-unsaturated/α-hetero) is 2. The van der Waals surface area contributed by atoms with Crippen molar-refractivity contribution in [3.63, 3.8) is 0 Å². The number of nitrogens with one attached hydrogen (secondary N) is 2. The zero-order valence-electron chi connectivity index (χ0n) is 40.8. The fourth-order valence-electron chi connectivity index (χ4n) is 16.6. The highest BCUT2D eigenvalue weighted by Gasteiger charge is 2.73. The molecule has 0 bridgehead atoms. The molecule has 1 aliphatic heterocycles. The molecule has 68 heavy (non-hydrogen) atoms. The van der Waals surface area contributed by atoms with Gasteiger partial charge in [0, 0.05) is 54.5 Å². The lowest BCUT2D eigenvalue weighted by atomic mass is 9.44. The number of fused-ring (bicyclic) bond motifs is 10. The number of rotatable bonds is 9. The van der Waals surface area contributed by atoms with Crippen molar-refractivity contribution in [3.8, 4) is 11.8 Å². The highest BCUT2D eigenvalue weighted by Crippen LogP contribution is 2.71. The monoisotopic (exact) mass is 943 g/mol. The molecule has 20 atom stereocenters. The van der Waals surface area contributed by atoms with Crippen LogP contribution in [-0.4, -0.2) is 114 Å². The molecule has 1 saturated heterocycles. The zero-order chi connectivity index (χ0) is 48.7. The fraction of sp³-hybridized carbons (Fsp3) is 0.764. The minimum absolute atomic E-state index is 0.000384. The van der Waals surface area contributed by atoms with Gasteiger partial charge in [-0.15, -0.1) is 5.92 Å². The average molecular weight is 943 g/mol. The molecule has 13 heteroatoms. The highest BCUT2D eigenvalue weighted by molar-refractivity contribution is 6.00. The second kappa shape index (κ2) is 18.7. The Balaban J connectivity index is 1.21. The van der Waals surface area contributed by atoms with Crippen LogP contribution in [0, 0.1) is 87.8 Å². The number of aliphatic hydroxyl groups excluding tert-OH is 5. The molecule has 7 aliphatic carbocycles. The first-order valence-electron chi connectivity index (χ1n) is 26.0. The molecule has 1 aromatic rings. The van der Waals surface area contributed by atoms with Crippen molar-refractivity contribution in [2.75, 3.05) is 19.8 Å². The number of hydrogen-bond acceptors (Lipinski definition) is 12. The first-order chi connectivity index (χ1) is 32.3. The maximum absolute atomic E-state index is 15.1. The Bertz CT molecular complexity index is 2210. The minimum Gasteiger partial charge on any atom is -0.465 e. The first kappa shape index (κ1) is 49.6. The Labute approximate surface area is 402 Å². The quantitative estimate of drug-likeness (QED) is 0.0918. The Morgan fingerprint density at radius 2 is 1.76 bits per heavy atom. The summed E-state index contributed by atoms with van der Waals surface area (Å²) in [5, 5.41) is 86.8. The van der Waals surface area contributed by atoms with Gasteiger partial charge in [-0.3, -0.25) is 14.4 Å². The second-order valence-corrected chi connectivity index (χ2v) is 23.7. The van der Waals surface area contributed by atoms with Crippen molar-refractivity contribution in [2.45, 2.75) is 166 Å². The molecule has 5 fully saturated rings. The largest absolute Gasteiger partial charge is 0.465 e. The van der Waals surface area contributed by atoms with Crippen LogP contribution in [0.25, 0.3) is 0 Å². The van der Waals surface area contributed by atoms with Gasteiger partial charge in [0.05, 0.1) is 54.3 Å². The van der Waals surface area contributed by atoms with Crippen LogP contribution in [0.3, 0.4) is 0 Å². The Morgan fingerprint density at radius 3 is 2.47 bits per heavy atom. The molecule has 4 saturated carbocycles. The van der Waals surface area contributed by atoms with E-state index in [9.17, 15) is 45.3 Å². The molecule has 0 aromatic carbocycles. The van der Waals surface area contributed by atoms with E-state index in [1.54, 1.807) is 0 Å². The number of ether oxygens (including phenoxy) is 1. The van der Waals surface area contributed by atoms with Crippen LogP contribution in [0.1, 0.15) is 136 Å². The summed E-state index contributed by atoms with van der Waals surface area (Å²) in [6.45, 7) is 9.18. The fourth-order valence-corrected chi connectivity index (χ4v) is 16.6. The number of aromatic amines is 1. The molecule has 9 N–H and O–H groups in total. The van der Waals surface area contributed by atoms with Gasteiger partial charge in [0.25, 0.3) is 0 Å². The van der Waals surface area contributed by atoms with Gasteiger partial charge in [-0.25, -0.2) is 0 Å². The predicted octanol–water partition coefficient (Wildman–Crippen LogP) is 4.87. The Morgan fingerprint density at radius 1 is 0.985 bits per heavy atom. The van der Waals surface area contributed by atoms with Crippen LogP contribution in [0.2, 0.25) is 0 Å². The highest BCUT2D eigenvalue weighted by atomic mass is 16.5. The third-order valence-corrected chi connectivity index (χ3v) is 20.1. The molecule has 0 amide bonds. The number of esters is 1. The molecule has 8 aliphatic rings. The van der Waals surface area contributed by atoms with Crippen molar-refractivity contribution in [1.82, 2.24) is 10.3 Å². The average Bonchev–Trinajstić information content (AvgIpc) is 4.02. The van der Waals surface area contributed by atoms with Crippen LogP contribution < -0.4 is 5.32 Å². The standard InChI is InChI=1S/C55H78N2O11/c1-29-10-11-32-12-13-36-30(2)21-45(63)54(66,16-7-19-58)50-34(9-6-8-33(22-38(36)37(32)20-29)39-28-68-51(65)46(39)35-15-18-56-26-35)24-55(67)47-40(14-17-53(50,55)5)52(4)25-44(62)43(61)23-41(52)49(64)48(47)57-42(27-59)31(3)60/h12,15,18,26,29-30,33-34,36-46,50,56-59,61-63,66-67H,7,9-11,13-14,16-17,19-25,27-28H2,1-5H3. The van der Waals surface area contributed by atoms with E-state index in [1.807, 2.05) is 32.3 Å². The molecule has 0 spiro atoms. The maximum Gasteiger partial charge on any atom is 0.313 e. The zero-order valence-corrected chi connectivity index (χ0v) is 40.8. The van der Waals surface area contributed by atoms with Gasteiger partial charge in [0.15, 0.2) is 11.6 Å². The van der Waals surface area contributed by atoms with Crippen LogP contribution in [0.15, 0.2) is 41.4 Å². The summed E-state index contributed by atoms with van der Waals surface area (Å²) in [6, 6.07) is 0.785. The Kier molecular flexibility index (Phi) is 13.6. The third-order valence-electron chi connectivity index (χ3n) is 20.1. The van der Waals surface area contributed by atoms with E-state index in [-0.39, 0.29) is 99.4 Å². The first-order valence-corrected chi connectivity index (χ1v) is 26.0. The molecule has 20 unspecified atom stereocenters. The predicted molar refractivity (Wildman–Crippen MR) is 253 cm³/mol. The van der Waals surface area contributed by atoms with E-state index in [1.165, 1.54) is 12.5 Å². The normalized spacial score (nSPS) is 46.3. The van der Waals surface area contributed by atoms with Gasteiger partial charge < -0.3 is 50.8 Å². The molecule has 13 nitrogen and oxygen atoms in total. The summed E-state index contributed by atoms with van der Waals surface area (Å²) in [7, 11) is 0. The summed E-state index contributed by atoms with van der Waals surface area (Å²) in [6.07, 6.45) is 9.26. The Hall–Kier alpha value is -3.35. The van der Waals surface area contributed by atoms with Crippen molar-refractivity contribution in [1.29, 1.82) is 0 Å². The van der Waals surface area contributed by atoms with E-state index in [0.29, 0.717) is 30.3 Å². The summed E-state index contributed by atoms with van der Waals surface area (Å²) in [5.74, 6) is 4.06. The topological polar surface area (TPSA) is 230 Å². The number of aromatic nitrogens is 1. The lowest BCUT2D eigenvalue weighted by Gasteiger charge is -2.62. The van der Waals surface area contributed by atoms with Crippen molar-refractivity contribution in [2.24, 2.45) is 75.9 Å². The number of ketones is 2. The third kappa shape index (κ3) is 7.99. The molecular weight excluding hydrogens is 865 g/mol. The summed E-state index contributed by atoms with van der Waals surface area (Å²) < 4.78 is 5.89. The van der Waals surface area contributed by atoms with E-state index in [0.717, 1.165) is 37.7 Å². The summed E-state index contributed by atoms with van der Waals surface area (Å²) >= 11 is 0. The SMILES string of the molecule is CC(=O)C(CO)NC1=C2C(CCC3(C)C4C(CC#CC(C5COC(=O)C5c5cc[nH]c5)CC5C6CC(C)CCC6=CCC5C(C)CC(O)C4(O)CCCO)CC23O)C2(C)CC(O)C(O)CC2C1=O. The van der Waals surface area contributed by atoms with E-state index < -0.39 is 94.1 Å². The molecule has 9 rings (SSSR count). The lowest BCUT2D eigenvalue weighted by molar-refractivity contribution is -0.193. The van der Waals surface area contributed by atoms with Gasteiger partial charge in [0.1, 0.15) is 6.04 Å². The molecule has 1 aromatic heterocycles. The second-order valence-electron chi connectivity index (χ2n) is 23.7. The molecule has 2 heterocycles. The van der Waals surface area contributed by atoms with Gasteiger partial charge in [-0.1, -0.05) is 45.3 Å². The van der Waals surface area contributed by atoms with Gasteiger partial charge >= 0.3 is 5.97 Å². The number of carbonyl (C=O) groups is 3. The molecular formula is C55H78N2O11. The molecule has 0 radical (unpaired) electrons. The van der Waals surface area contributed by atoms with Crippen LogP contribution in [-0.2, 0) is 19.1 Å². The lowest BCUT2D eigenvalue weighted by Crippen LogP contribution is -2.65. The van der Waals surface area contributed by atoms with Crippen LogP contribution in [0.4, 0.5) is 0 Å². The number of hydrogen-bond donors (Lipinski definition) is 9. The van der Waals surface area contributed by atoms with E-state index >= 15 is 4.79 Å². The van der Waals surface area contributed by atoms with Crippen molar-refractivity contribution >= 4 is 17.5 Å².